The molecule has 1 saturated carbocycles. The first-order valence-electron chi connectivity index (χ1n) is 12.5. The summed E-state index contributed by atoms with van der Waals surface area (Å²) < 4.78 is 17.2. The zero-order valence-corrected chi connectivity index (χ0v) is 20.5. The predicted molar refractivity (Wildman–Crippen MR) is 133 cm³/mol. The van der Waals surface area contributed by atoms with E-state index in [0.717, 1.165) is 80.8 Å². The molecular weight excluding hydrogens is 466 g/mol. The Labute approximate surface area is 207 Å². The number of primary amides is 1. The number of anilines is 2. The van der Waals surface area contributed by atoms with Crippen LogP contribution in [0.15, 0.2) is 22.9 Å². The minimum absolute atomic E-state index is 0.131. The summed E-state index contributed by atoms with van der Waals surface area (Å²) in [6.45, 7) is 3.73. The number of amides is 1. The fourth-order valence-electron chi connectivity index (χ4n) is 5.86. The predicted octanol–water partition coefficient (Wildman–Crippen LogP) is 3.96. The summed E-state index contributed by atoms with van der Waals surface area (Å²) in [5.41, 5.74) is 6.79. The third-order valence-electron chi connectivity index (χ3n) is 7.51. The Morgan fingerprint density at radius 1 is 1.20 bits per heavy atom. The number of nitrogens with zero attached hydrogens (tertiary/aromatic N) is 3. The Morgan fingerprint density at radius 2 is 2.03 bits per heavy atom. The molecule has 1 aliphatic heterocycles. The number of aryl methyl sites for hydroxylation is 1. The SMILES string of the molecule is NC(=O)C[C@H]1CCc2sc3nc(Nc4ccon4)cc(O[C@H]4CC[C@H](N5CCOCC5)CC4)c3c21. The van der Waals surface area contributed by atoms with Gasteiger partial charge in [-0.05, 0) is 50.0 Å². The van der Waals surface area contributed by atoms with E-state index in [2.05, 4.69) is 15.4 Å². The second-order valence-corrected chi connectivity index (χ2v) is 10.8. The largest absolute Gasteiger partial charge is 0.490 e. The molecule has 10 heteroatoms. The number of pyridine rings is 1. The van der Waals surface area contributed by atoms with Gasteiger partial charge in [-0.1, -0.05) is 5.16 Å². The van der Waals surface area contributed by atoms with Crippen molar-refractivity contribution in [3.8, 4) is 5.75 Å². The van der Waals surface area contributed by atoms with Crippen LogP contribution in [0.5, 0.6) is 5.75 Å². The summed E-state index contributed by atoms with van der Waals surface area (Å²) >= 11 is 1.69. The Hall–Kier alpha value is -2.69. The Kier molecular flexibility index (Phi) is 6.34. The standard InChI is InChI=1S/C25H31N5O4S/c26-20(31)13-15-1-6-19-23(15)24-18(14-22(28-25(24)35-19)27-21-7-10-33-29-21)34-17-4-2-16(3-5-17)30-8-11-32-12-9-30/h7,10,14-17H,1-6,8-9,11-13H2,(H2,26,31)(H,27,28,29)/t15-,16-,17-/m1/s1. The number of hydrogen-bond donors (Lipinski definition) is 2. The van der Waals surface area contributed by atoms with Gasteiger partial charge >= 0.3 is 0 Å². The smallest absolute Gasteiger partial charge is 0.218 e. The second-order valence-electron chi connectivity index (χ2n) is 9.74. The molecule has 1 atom stereocenters. The number of hydrogen-bond acceptors (Lipinski definition) is 9. The molecule has 0 unspecified atom stereocenters. The van der Waals surface area contributed by atoms with E-state index in [1.54, 1.807) is 17.4 Å². The first kappa shape index (κ1) is 22.8. The number of ether oxygens (including phenoxy) is 2. The Bertz CT molecular complexity index is 1180. The van der Waals surface area contributed by atoms with E-state index in [0.29, 0.717) is 24.1 Å². The number of rotatable bonds is 7. The summed E-state index contributed by atoms with van der Waals surface area (Å²) in [6, 6.07) is 4.35. The maximum absolute atomic E-state index is 11.8. The van der Waals surface area contributed by atoms with Crippen LogP contribution >= 0.6 is 11.3 Å². The first-order chi connectivity index (χ1) is 17.1. The molecule has 9 nitrogen and oxygen atoms in total. The second kappa shape index (κ2) is 9.75. The maximum atomic E-state index is 11.8. The molecule has 3 aromatic rings. The fraction of sp³-hybridized carbons (Fsp3) is 0.560. The minimum Gasteiger partial charge on any atom is -0.490 e. The highest BCUT2D eigenvalue weighted by Gasteiger charge is 2.33. The number of nitrogens with two attached hydrogens (primary N) is 1. The number of thiophene rings is 1. The van der Waals surface area contributed by atoms with Crippen LogP contribution in [0.1, 0.15) is 54.9 Å². The van der Waals surface area contributed by atoms with Crippen molar-refractivity contribution < 1.29 is 18.8 Å². The highest BCUT2D eigenvalue weighted by atomic mass is 32.1. The molecule has 1 amide bonds. The van der Waals surface area contributed by atoms with Crippen molar-refractivity contribution in [3.63, 3.8) is 0 Å². The number of aromatic nitrogens is 2. The summed E-state index contributed by atoms with van der Waals surface area (Å²) in [5, 5.41) is 8.24. The van der Waals surface area contributed by atoms with Gasteiger partial charge in [0.05, 0.1) is 24.7 Å². The number of fused-ring (bicyclic) bond motifs is 3. The number of morpholine rings is 1. The average Bonchev–Trinajstić information content (AvgIpc) is 3.58. The maximum Gasteiger partial charge on any atom is 0.218 e. The highest BCUT2D eigenvalue weighted by Crippen LogP contribution is 2.49. The third kappa shape index (κ3) is 4.74. The van der Waals surface area contributed by atoms with E-state index in [4.69, 9.17) is 24.7 Å². The molecule has 0 bridgehead atoms. The van der Waals surface area contributed by atoms with Gasteiger partial charge in [0.2, 0.25) is 5.91 Å². The van der Waals surface area contributed by atoms with Gasteiger partial charge in [0, 0.05) is 42.6 Å². The first-order valence-corrected chi connectivity index (χ1v) is 13.4. The molecule has 0 aromatic carbocycles. The lowest BCUT2D eigenvalue weighted by Gasteiger charge is -2.38. The van der Waals surface area contributed by atoms with Gasteiger partial charge in [0.1, 0.15) is 22.7 Å². The molecule has 186 valence electrons. The summed E-state index contributed by atoms with van der Waals surface area (Å²) in [5.74, 6) is 1.99. The van der Waals surface area contributed by atoms with Crippen molar-refractivity contribution in [2.45, 2.75) is 63.0 Å². The lowest BCUT2D eigenvalue weighted by Crippen LogP contribution is -2.46. The van der Waals surface area contributed by atoms with Gasteiger partial charge in [-0.15, -0.1) is 11.3 Å². The lowest BCUT2D eigenvalue weighted by molar-refractivity contribution is -0.118. The topological polar surface area (TPSA) is 116 Å². The molecule has 0 spiro atoms. The van der Waals surface area contributed by atoms with Crippen molar-refractivity contribution in [1.82, 2.24) is 15.0 Å². The van der Waals surface area contributed by atoms with Crippen LogP contribution in [-0.2, 0) is 16.0 Å². The van der Waals surface area contributed by atoms with Crippen LogP contribution in [0.4, 0.5) is 11.6 Å². The normalized spacial score (nSPS) is 25.0. The molecule has 0 radical (unpaired) electrons. The van der Waals surface area contributed by atoms with Gasteiger partial charge in [-0.25, -0.2) is 4.98 Å². The van der Waals surface area contributed by atoms with Crippen molar-refractivity contribution in [2.75, 3.05) is 31.6 Å². The molecule has 4 heterocycles. The van der Waals surface area contributed by atoms with Crippen LogP contribution in [-0.4, -0.2) is 59.4 Å². The lowest BCUT2D eigenvalue weighted by atomic mass is 9.91. The van der Waals surface area contributed by atoms with Gasteiger partial charge < -0.3 is 25.0 Å². The van der Waals surface area contributed by atoms with Crippen molar-refractivity contribution in [3.05, 3.63) is 28.8 Å². The molecular formula is C25H31N5O4S. The van der Waals surface area contributed by atoms with E-state index >= 15 is 0 Å². The van der Waals surface area contributed by atoms with Crippen LogP contribution in [0, 0.1) is 0 Å². The van der Waals surface area contributed by atoms with E-state index in [9.17, 15) is 4.79 Å². The quantitative estimate of drug-likeness (QED) is 0.504. The minimum atomic E-state index is -0.261. The van der Waals surface area contributed by atoms with Crippen molar-refractivity contribution in [1.29, 1.82) is 0 Å². The fourth-order valence-corrected chi connectivity index (χ4v) is 7.15. The highest BCUT2D eigenvalue weighted by molar-refractivity contribution is 7.19. The van der Waals surface area contributed by atoms with Crippen LogP contribution < -0.4 is 15.8 Å². The monoisotopic (exact) mass is 497 g/mol. The Morgan fingerprint density at radius 3 is 2.77 bits per heavy atom. The molecule has 2 fully saturated rings. The third-order valence-corrected chi connectivity index (χ3v) is 8.67. The molecule has 2 aliphatic carbocycles. The molecule has 6 rings (SSSR count). The average molecular weight is 498 g/mol. The number of nitrogens with one attached hydrogen (secondary N) is 1. The molecule has 3 N–H and O–H groups in total. The van der Waals surface area contributed by atoms with Gasteiger partial charge in [-0.3, -0.25) is 9.69 Å². The zero-order chi connectivity index (χ0) is 23.8. The van der Waals surface area contributed by atoms with Crippen molar-refractivity contribution in [2.24, 2.45) is 5.73 Å². The number of carbonyl (C=O) groups excluding carboxylic acids is 1. The van der Waals surface area contributed by atoms with Crippen LogP contribution in [0.25, 0.3) is 10.2 Å². The molecule has 1 saturated heterocycles. The van der Waals surface area contributed by atoms with E-state index in [-0.39, 0.29) is 17.9 Å². The molecule has 3 aliphatic rings. The number of carbonyl (C=O) groups is 1. The van der Waals surface area contributed by atoms with E-state index < -0.39 is 0 Å². The van der Waals surface area contributed by atoms with Crippen LogP contribution in [0.2, 0.25) is 0 Å². The van der Waals surface area contributed by atoms with Crippen molar-refractivity contribution >= 4 is 39.1 Å². The summed E-state index contributed by atoms with van der Waals surface area (Å²) in [7, 11) is 0. The summed E-state index contributed by atoms with van der Waals surface area (Å²) in [4.78, 5) is 21.4. The molecule has 3 aromatic heterocycles. The van der Waals surface area contributed by atoms with Crippen LogP contribution in [0.3, 0.4) is 0 Å². The van der Waals surface area contributed by atoms with E-state index in [1.165, 1.54) is 16.7 Å². The van der Waals surface area contributed by atoms with E-state index in [1.807, 2.05) is 6.07 Å². The summed E-state index contributed by atoms with van der Waals surface area (Å²) in [6.07, 6.45) is 8.26. The Balaban J connectivity index is 1.28. The molecule has 35 heavy (non-hydrogen) atoms. The van der Waals surface area contributed by atoms with Gasteiger partial charge in [0.25, 0.3) is 0 Å². The van der Waals surface area contributed by atoms with Gasteiger partial charge in [0.15, 0.2) is 5.82 Å². The zero-order valence-electron chi connectivity index (χ0n) is 19.7. The van der Waals surface area contributed by atoms with Gasteiger partial charge in [-0.2, -0.15) is 0 Å².